The van der Waals surface area contributed by atoms with Gasteiger partial charge in [-0.15, -0.1) is 0 Å². The molecule has 0 spiro atoms. The molecule has 0 aromatic carbocycles. The molecular weight excluding hydrogens is 226 g/mol. The summed E-state index contributed by atoms with van der Waals surface area (Å²) in [5, 5.41) is 3.66. The number of ether oxygens (including phenoxy) is 1. The molecule has 0 aromatic heterocycles. The molecular formula is C14H31NOSi. The lowest BCUT2D eigenvalue weighted by Gasteiger charge is -2.41. The van der Waals surface area contributed by atoms with E-state index in [2.05, 4.69) is 38.8 Å². The van der Waals surface area contributed by atoms with Crippen LogP contribution in [-0.2, 0) is 4.74 Å². The van der Waals surface area contributed by atoms with Gasteiger partial charge in [0, 0.05) is 26.6 Å². The van der Waals surface area contributed by atoms with Gasteiger partial charge in [-0.05, 0) is 31.3 Å². The molecule has 102 valence electrons. The molecule has 1 rings (SSSR count). The van der Waals surface area contributed by atoms with E-state index in [-0.39, 0.29) is 0 Å². The van der Waals surface area contributed by atoms with E-state index in [0.29, 0.717) is 5.41 Å². The van der Waals surface area contributed by atoms with Crippen LogP contribution in [0.5, 0.6) is 0 Å². The zero-order valence-corrected chi connectivity index (χ0v) is 13.4. The van der Waals surface area contributed by atoms with Crippen LogP contribution < -0.4 is 5.32 Å². The maximum Gasteiger partial charge on any atom is 0.0531 e. The van der Waals surface area contributed by atoms with E-state index in [1.807, 2.05) is 0 Å². The van der Waals surface area contributed by atoms with Gasteiger partial charge in [-0.1, -0.05) is 33.5 Å². The topological polar surface area (TPSA) is 21.3 Å². The lowest BCUT2D eigenvalue weighted by molar-refractivity contribution is 0.00224. The minimum absolute atomic E-state index is 0.428. The van der Waals surface area contributed by atoms with Crippen molar-refractivity contribution in [3.05, 3.63) is 0 Å². The maximum absolute atomic E-state index is 5.77. The first-order valence-electron chi connectivity index (χ1n) is 7.12. The standard InChI is InChI=1S/C14H31NOSi/c1-13(2)9-15-10-14(12-17(3,4)5)7-6-8-16-11-14/h13,15H,6-12H2,1-5H3. The van der Waals surface area contributed by atoms with E-state index >= 15 is 0 Å². The smallest absolute Gasteiger partial charge is 0.0531 e. The van der Waals surface area contributed by atoms with Crippen LogP contribution >= 0.6 is 0 Å². The molecule has 1 aliphatic rings. The number of nitrogens with one attached hydrogen (secondary N) is 1. The summed E-state index contributed by atoms with van der Waals surface area (Å²) >= 11 is 0. The Morgan fingerprint density at radius 2 is 2.00 bits per heavy atom. The van der Waals surface area contributed by atoms with Crippen molar-refractivity contribution in [2.75, 3.05) is 26.3 Å². The Hall–Kier alpha value is 0.137. The van der Waals surface area contributed by atoms with Crippen LogP contribution in [0.15, 0.2) is 0 Å². The third kappa shape index (κ3) is 6.02. The molecule has 3 heteroatoms. The fourth-order valence-electron chi connectivity index (χ4n) is 3.00. The molecule has 1 fully saturated rings. The summed E-state index contributed by atoms with van der Waals surface area (Å²) in [6.07, 6.45) is 2.59. The van der Waals surface area contributed by atoms with Crippen LogP contribution in [0.3, 0.4) is 0 Å². The molecule has 1 saturated heterocycles. The van der Waals surface area contributed by atoms with Gasteiger partial charge in [-0.3, -0.25) is 0 Å². The summed E-state index contributed by atoms with van der Waals surface area (Å²) in [5.41, 5.74) is 0.428. The molecule has 2 nitrogen and oxygen atoms in total. The zero-order chi connectivity index (χ0) is 12.9. The molecule has 1 aliphatic heterocycles. The monoisotopic (exact) mass is 257 g/mol. The van der Waals surface area contributed by atoms with Crippen LogP contribution in [0.25, 0.3) is 0 Å². The van der Waals surface area contributed by atoms with Crippen molar-refractivity contribution in [1.82, 2.24) is 5.32 Å². The Morgan fingerprint density at radius 3 is 2.47 bits per heavy atom. The second-order valence-corrected chi connectivity index (χ2v) is 12.9. The maximum atomic E-state index is 5.77. The molecule has 1 unspecified atom stereocenters. The highest BCUT2D eigenvalue weighted by Gasteiger charge is 2.36. The lowest BCUT2D eigenvalue weighted by Crippen LogP contribution is -2.46. The molecule has 1 heterocycles. The van der Waals surface area contributed by atoms with Crippen molar-refractivity contribution in [2.45, 2.75) is 52.4 Å². The summed E-state index contributed by atoms with van der Waals surface area (Å²) in [4.78, 5) is 0. The third-order valence-corrected chi connectivity index (χ3v) is 5.17. The van der Waals surface area contributed by atoms with Crippen molar-refractivity contribution < 1.29 is 4.74 Å². The highest BCUT2D eigenvalue weighted by Crippen LogP contribution is 2.36. The van der Waals surface area contributed by atoms with Crippen molar-refractivity contribution in [1.29, 1.82) is 0 Å². The molecule has 17 heavy (non-hydrogen) atoms. The van der Waals surface area contributed by atoms with E-state index in [1.54, 1.807) is 0 Å². The van der Waals surface area contributed by atoms with Gasteiger partial charge in [0.15, 0.2) is 0 Å². The lowest BCUT2D eigenvalue weighted by atomic mass is 9.84. The Kier molecular flexibility index (Phi) is 5.67. The van der Waals surface area contributed by atoms with Crippen molar-refractivity contribution in [3.63, 3.8) is 0 Å². The van der Waals surface area contributed by atoms with Crippen LogP contribution in [0.4, 0.5) is 0 Å². The van der Waals surface area contributed by atoms with Crippen molar-refractivity contribution in [3.8, 4) is 0 Å². The van der Waals surface area contributed by atoms with Gasteiger partial charge >= 0.3 is 0 Å². The Labute approximate surface area is 109 Å². The van der Waals surface area contributed by atoms with E-state index in [1.165, 1.54) is 18.9 Å². The van der Waals surface area contributed by atoms with Crippen molar-refractivity contribution in [2.24, 2.45) is 11.3 Å². The second-order valence-electron chi connectivity index (χ2n) is 7.42. The van der Waals surface area contributed by atoms with Gasteiger partial charge in [0.25, 0.3) is 0 Å². The first-order valence-corrected chi connectivity index (χ1v) is 10.8. The minimum Gasteiger partial charge on any atom is -0.381 e. The molecule has 1 N–H and O–H groups in total. The summed E-state index contributed by atoms with van der Waals surface area (Å²) in [7, 11) is -1.01. The highest BCUT2D eigenvalue weighted by molar-refractivity contribution is 6.76. The van der Waals surface area contributed by atoms with Crippen LogP contribution in [-0.4, -0.2) is 34.4 Å². The van der Waals surface area contributed by atoms with Crippen LogP contribution in [0, 0.1) is 11.3 Å². The Bertz CT molecular complexity index is 217. The van der Waals surface area contributed by atoms with Crippen molar-refractivity contribution >= 4 is 8.07 Å². The summed E-state index contributed by atoms with van der Waals surface area (Å²) in [5.74, 6) is 0.739. The zero-order valence-electron chi connectivity index (χ0n) is 12.4. The quantitative estimate of drug-likeness (QED) is 0.737. The third-order valence-electron chi connectivity index (χ3n) is 3.36. The number of hydrogen-bond donors (Lipinski definition) is 1. The van der Waals surface area contributed by atoms with E-state index in [4.69, 9.17) is 4.74 Å². The summed E-state index contributed by atoms with van der Waals surface area (Å²) < 4.78 is 5.77. The number of hydrogen-bond acceptors (Lipinski definition) is 2. The van der Waals surface area contributed by atoms with Gasteiger partial charge in [0.2, 0.25) is 0 Å². The number of rotatable bonds is 6. The molecule has 0 saturated carbocycles. The van der Waals surface area contributed by atoms with Gasteiger partial charge in [0.1, 0.15) is 0 Å². The van der Waals surface area contributed by atoms with Gasteiger partial charge < -0.3 is 10.1 Å². The molecule has 0 radical (unpaired) electrons. The van der Waals surface area contributed by atoms with Gasteiger partial charge in [-0.2, -0.15) is 0 Å². The molecule has 1 atom stereocenters. The molecule has 0 aliphatic carbocycles. The normalized spacial score (nSPS) is 26.5. The summed E-state index contributed by atoms with van der Waals surface area (Å²) in [6, 6.07) is 1.39. The largest absolute Gasteiger partial charge is 0.381 e. The Balaban J connectivity index is 2.52. The first-order chi connectivity index (χ1) is 7.83. The van der Waals surface area contributed by atoms with Gasteiger partial charge in [0.05, 0.1) is 6.61 Å². The average molecular weight is 257 g/mol. The first kappa shape index (κ1) is 15.2. The molecule has 0 bridgehead atoms. The predicted molar refractivity (Wildman–Crippen MR) is 78.3 cm³/mol. The van der Waals surface area contributed by atoms with Gasteiger partial charge in [-0.25, -0.2) is 0 Å². The minimum atomic E-state index is -1.01. The highest BCUT2D eigenvalue weighted by atomic mass is 28.3. The fraction of sp³-hybridized carbons (Fsp3) is 1.00. The predicted octanol–water partition coefficient (Wildman–Crippen LogP) is 3.37. The van der Waals surface area contributed by atoms with E-state index in [0.717, 1.165) is 32.2 Å². The van der Waals surface area contributed by atoms with E-state index in [9.17, 15) is 0 Å². The van der Waals surface area contributed by atoms with Crippen LogP contribution in [0.1, 0.15) is 26.7 Å². The molecule has 0 amide bonds. The van der Waals surface area contributed by atoms with E-state index < -0.39 is 8.07 Å². The second kappa shape index (κ2) is 6.35. The van der Waals surface area contributed by atoms with Crippen LogP contribution in [0.2, 0.25) is 25.7 Å². The SMILES string of the molecule is CC(C)CNCC1(C[Si](C)(C)C)CCCOC1. The fourth-order valence-corrected chi connectivity index (χ4v) is 5.66. The Morgan fingerprint density at radius 1 is 1.29 bits per heavy atom. The average Bonchev–Trinajstić information content (AvgIpc) is 2.15. The molecule has 0 aromatic rings. The summed E-state index contributed by atoms with van der Waals surface area (Å²) in [6.45, 7) is 16.2.